The number of nitrogens with zero attached hydrogens (tertiary/aromatic N) is 1. The molecule has 0 unspecified atom stereocenters. The summed E-state index contributed by atoms with van der Waals surface area (Å²) in [6, 6.07) is 7.89. The van der Waals surface area contributed by atoms with Crippen LogP contribution in [0.1, 0.15) is 45.4 Å². The predicted octanol–water partition coefficient (Wildman–Crippen LogP) is 5.44. The van der Waals surface area contributed by atoms with E-state index in [-0.39, 0.29) is 5.91 Å². The van der Waals surface area contributed by atoms with Gasteiger partial charge in [-0.25, -0.2) is 4.98 Å². The summed E-state index contributed by atoms with van der Waals surface area (Å²) in [5.41, 5.74) is 1.69. The minimum atomic E-state index is -0.0719. The lowest BCUT2D eigenvalue weighted by molar-refractivity contribution is -0.113. The average Bonchev–Trinajstić information content (AvgIpc) is 3.04. The second-order valence-electron chi connectivity index (χ2n) is 6.17. The Balaban J connectivity index is 1.52. The third kappa shape index (κ3) is 4.92. The summed E-state index contributed by atoms with van der Waals surface area (Å²) >= 11 is 1.50. The maximum absolute atomic E-state index is 12.4. The molecular weight excluding hydrogens is 332 g/mol. The number of carbonyl (C=O) groups is 1. The molecule has 1 aliphatic rings. The number of allylic oxidation sites excluding steroid dienone is 3. The number of hydrogen-bond donors (Lipinski definition) is 1. The zero-order valence-electron chi connectivity index (χ0n) is 14.6. The number of amides is 1. The number of anilines is 1. The molecule has 2 aromatic rings. The van der Waals surface area contributed by atoms with Crippen molar-refractivity contribution < 1.29 is 9.53 Å². The Morgan fingerprint density at radius 1 is 1.20 bits per heavy atom. The Bertz CT molecular complexity index is 759. The Hall–Kier alpha value is -2.14. The molecule has 1 aromatic carbocycles. The molecular formula is C20H24N2O2S. The van der Waals surface area contributed by atoms with Crippen LogP contribution >= 0.6 is 11.3 Å². The van der Waals surface area contributed by atoms with E-state index in [0.717, 1.165) is 41.0 Å². The van der Waals surface area contributed by atoms with Gasteiger partial charge in [-0.2, -0.15) is 0 Å². The highest BCUT2D eigenvalue weighted by Gasteiger charge is 2.16. The van der Waals surface area contributed by atoms with E-state index < -0.39 is 0 Å². The molecule has 0 atom stereocenters. The van der Waals surface area contributed by atoms with Gasteiger partial charge in [0.15, 0.2) is 5.13 Å². The molecule has 0 spiro atoms. The van der Waals surface area contributed by atoms with Gasteiger partial charge in [0.25, 0.3) is 5.91 Å². The van der Waals surface area contributed by atoms with Gasteiger partial charge in [0.1, 0.15) is 0 Å². The van der Waals surface area contributed by atoms with Gasteiger partial charge in [0.2, 0.25) is 0 Å². The molecule has 0 bridgehead atoms. The summed E-state index contributed by atoms with van der Waals surface area (Å²) in [5, 5.41) is 3.56. The Labute approximate surface area is 152 Å². The van der Waals surface area contributed by atoms with Gasteiger partial charge in [0.05, 0.1) is 22.6 Å². The van der Waals surface area contributed by atoms with Crippen molar-refractivity contribution in [1.82, 2.24) is 4.98 Å². The third-order valence-electron chi connectivity index (χ3n) is 4.20. The van der Waals surface area contributed by atoms with Crippen molar-refractivity contribution in [1.29, 1.82) is 0 Å². The number of rotatable bonds is 8. The van der Waals surface area contributed by atoms with Crippen molar-refractivity contribution >= 4 is 32.6 Å². The third-order valence-corrected chi connectivity index (χ3v) is 5.15. The lowest BCUT2D eigenvalue weighted by Crippen LogP contribution is -2.16. The zero-order valence-corrected chi connectivity index (χ0v) is 15.4. The molecule has 132 valence electrons. The number of thiazole rings is 1. The zero-order chi connectivity index (χ0) is 17.5. The van der Waals surface area contributed by atoms with Crippen molar-refractivity contribution in [2.24, 2.45) is 0 Å². The molecule has 1 N–H and O–H groups in total. The van der Waals surface area contributed by atoms with Crippen molar-refractivity contribution in [3.05, 3.63) is 47.7 Å². The molecule has 4 nitrogen and oxygen atoms in total. The van der Waals surface area contributed by atoms with Crippen molar-refractivity contribution in [3.8, 4) is 0 Å². The average molecular weight is 356 g/mol. The van der Waals surface area contributed by atoms with Crippen LogP contribution in [0.2, 0.25) is 0 Å². The number of benzene rings is 1. The molecule has 1 aliphatic carbocycles. The minimum absolute atomic E-state index is 0.0719. The molecule has 3 rings (SSSR count). The van der Waals surface area contributed by atoms with Crippen LogP contribution in [0, 0.1) is 0 Å². The lowest BCUT2D eigenvalue weighted by atomic mass is 10.0. The number of para-hydroxylation sites is 1. The summed E-state index contributed by atoms with van der Waals surface area (Å²) in [4.78, 5) is 16.8. The van der Waals surface area contributed by atoms with Crippen LogP contribution in [-0.2, 0) is 9.53 Å². The van der Waals surface area contributed by atoms with Gasteiger partial charge in [-0.15, -0.1) is 0 Å². The van der Waals surface area contributed by atoms with Crippen LogP contribution in [0.25, 0.3) is 10.2 Å². The molecule has 1 amide bonds. The van der Waals surface area contributed by atoms with E-state index in [1.165, 1.54) is 30.6 Å². The number of nitrogens with one attached hydrogen (secondary N) is 1. The number of fused-ring (bicyclic) bond motifs is 1. The molecule has 0 fully saturated rings. The number of ether oxygens (including phenoxy) is 1. The van der Waals surface area contributed by atoms with Gasteiger partial charge in [-0.3, -0.25) is 10.1 Å². The van der Waals surface area contributed by atoms with E-state index >= 15 is 0 Å². The van der Waals surface area contributed by atoms with Crippen molar-refractivity contribution in [2.45, 2.75) is 45.4 Å². The van der Waals surface area contributed by atoms with Gasteiger partial charge >= 0.3 is 0 Å². The number of unbranched alkanes of at least 4 members (excludes halogenated alkanes) is 3. The molecule has 25 heavy (non-hydrogen) atoms. The SMILES string of the molecule is CCCCCCOC1=CC=C(C(=O)Nc2nc3ccccc3s2)CC1. The monoisotopic (exact) mass is 356 g/mol. The van der Waals surface area contributed by atoms with Crippen LogP contribution < -0.4 is 5.32 Å². The van der Waals surface area contributed by atoms with Crippen LogP contribution in [0.5, 0.6) is 0 Å². The highest BCUT2D eigenvalue weighted by atomic mass is 32.1. The predicted molar refractivity (Wildman–Crippen MR) is 104 cm³/mol. The van der Waals surface area contributed by atoms with E-state index in [0.29, 0.717) is 11.6 Å². The number of aromatic nitrogens is 1. The summed E-state index contributed by atoms with van der Waals surface area (Å²) in [7, 11) is 0. The fourth-order valence-corrected chi connectivity index (χ4v) is 3.62. The highest BCUT2D eigenvalue weighted by molar-refractivity contribution is 7.22. The molecule has 5 heteroatoms. The van der Waals surface area contributed by atoms with E-state index in [9.17, 15) is 4.79 Å². The van der Waals surface area contributed by atoms with Crippen LogP contribution in [-0.4, -0.2) is 17.5 Å². The summed E-state index contributed by atoms with van der Waals surface area (Å²) < 4.78 is 6.87. The molecule has 0 radical (unpaired) electrons. The van der Waals surface area contributed by atoms with Crippen molar-refractivity contribution in [2.75, 3.05) is 11.9 Å². The smallest absolute Gasteiger partial charge is 0.253 e. The first-order valence-corrected chi connectivity index (χ1v) is 9.77. The topological polar surface area (TPSA) is 51.2 Å². The normalized spacial score (nSPS) is 14.1. The maximum atomic E-state index is 12.4. The van der Waals surface area contributed by atoms with Crippen molar-refractivity contribution in [3.63, 3.8) is 0 Å². The standard InChI is InChI=1S/C20H24N2O2S/c1-2-3-4-7-14-24-16-12-10-15(11-13-16)19(23)22-20-21-17-8-5-6-9-18(17)25-20/h5-6,8-10,12H,2-4,7,11,13-14H2,1H3,(H,21,22,23). The largest absolute Gasteiger partial charge is 0.498 e. The molecule has 1 heterocycles. The van der Waals surface area contributed by atoms with Gasteiger partial charge in [-0.1, -0.05) is 55.7 Å². The molecule has 0 saturated heterocycles. The first-order chi connectivity index (χ1) is 12.3. The second-order valence-corrected chi connectivity index (χ2v) is 7.21. The van der Waals surface area contributed by atoms with Crippen LogP contribution in [0.15, 0.2) is 47.7 Å². The quantitative estimate of drug-likeness (QED) is 0.641. The number of hydrogen-bond acceptors (Lipinski definition) is 4. The van der Waals surface area contributed by atoms with E-state index in [1.807, 2.05) is 36.4 Å². The minimum Gasteiger partial charge on any atom is -0.498 e. The Morgan fingerprint density at radius 3 is 2.84 bits per heavy atom. The van der Waals surface area contributed by atoms with E-state index in [2.05, 4.69) is 17.2 Å². The summed E-state index contributed by atoms with van der Waals surface area (Å²) in [5.74, 6) is 0.908. The Morgan fingerprint density at radius 2 is 2.08 bits per heavy atom. The first-order valence-electron chi connectivity index (χ1n) is 8.95. The van der Waals surface area contributed by atoms with Gasteiger partial charge < -0.3 is 4.74 Å². The Kier molecular flexibility index (Phi) is 6.23. The van der Waals surface area contributed by atoms with Crippen LogP contribution in [0.4, 0.5) is 5.13 Å². The highest BCUT2D eigenvalue weighted by Crippen LogP contribution is 2.27. The van der Waals surface area contributed by atoms with Gasteiger partial charge in [0, 0.05) is 12.0 Å². The fraction of sp³-hybridized carbons (Fsp3) is 0.400. The summed E-state index contributed by atoms with van der Waals surface area (Å²) in [6.07, 6.45) is 10.1. The van der Waals surface area contributed by atoms with E-state index in [1.54, 1.807) is 0 Å². The summed E-state index contributed by atoms with van der Waals surface area (Å²) in [6.45, 7) is 2.98. The maximum Gasteiger partial charge on any atom is 0.253 e. The molecule has 0 aliphatic heterocycles. The van der Waals surface area contributed by atoms with E-state index in [4.69, 9.17) is 4.74 Å². The molecule has 0 saturated carbocycles. The second kappa shape index (κ2) is 8.81. The fourth-order valence-electron chi connectivity index (χ4n) is 2.76. The van der Waals surface area contributed by atoms with Gasteiger partial charge in [-0.05, 0) is 31.1 Å². The first kappa shape index (κ1) is 17.7. The van der Waals surface area contributed by atoms with Crippen LogP contribution in [0.3, 0.4) is 0 Å². The number of carbonyl (C=O) groups excluding carboxylic acids is 1. The lowest BCUT2D eigenvalue weighted by Gasteiger charge is -2.15. The molecule has 1 aromatic heterocycles.